The second-order valence-electron chi connectivity index (χ2n) is 8.67. The van der Waals surface area contributed by atoms with Gasteiger partial charge >= 0.3 is 0 Å². The van der Waals surface area contributed by atoms with E-state index in [0.717, 1.165) is 0 Å². The third-order valence-electron chi connectivity index (χ3n) is 5.83. The predicted molar refractivity (Wildman–Crippen MR) is 133 cm³/mol. The fraction of sp³-hybridized carbons (Fsp3) is 0.120. The lowest BCUT2D eigenvalue weighted by atomic mass is 9.96. The first kappa shape index (κ1) is 16.7. The van der Waals surface area contributed by atoms with Gasteiger partial charge in [0.05, 0.1) is 8.07 Å². The summed E-state index contributed by atoms with van der Waals surface area (Å²) >= 11 is 3.85. The first-order valence-corrected chi connectivity index (χ1v) is 14.9. The van der Waals surface area contributed by atoms with Crippen molar-refractivity contribution in [3.05, 3.63) is 66.0 Å². The van der Waals surface area contributed by atoms with Gasteiger partial charge in [0, 0.05) is 20.2 Å². The van der Waals surface area contributed by atoms with E-state index < -0.39 is 8.07 Å². The average molecular weight is 413 g/mol. The van der Waals surface area contributed by atoms with Crippen LogP contribution in [0.15, 0.2) is 66.0 Å². The minimum atomic E-state index is -1.29. The van der Waals surface area contributed by atoms with Gasteiger partial charge in [0.15, 0.2) is 0 Å². The minimum Gasteiger partial charge on any atom is -0.144 e. The van der Waals surface area contributed by atoms with E-state index in [0.29, 0.717) is 0 Å². The van der Waals surface area contributed by atoms with Crippen LogP contribution >= 0.6 is 22.7 Å². The van der Waals surface area contributed by atoms with Crippen LogP contribution < -0.4 is 4.50 Å². The highest BCUT2D eigenvalue weighted by Gasteiger charge is 2.20. The van der Waals surface area contributed by atoms with Crippen LogP contribution in [0, 0.1) is 0 Å². The first-order valence-electron chi connectivity index (χ1n) is 9.69. The zero-order valence-electron chi connectivity index (χ0n) is 16.2. The summed E-state index contributed by atoms with van der Waals surface area (Å²) in [6, 6.07) is 23.2. The van der Waals surface area contributed by atoms with E-state index >= 15 is 0 Å². The van der Waals surface area contributed by atoms with E-state index in [4.69, 9.17) is 0 Å². The molecule has 0 nitrogen and oxygen atoms in total. The van der Waals surface area contributed by atoms with Crippen LogP contribution in [0.3, 0.4) is 0 Å². The Morgan fingerprint density at radius 1 is 0.571 bits per heavy atom. The van der Waals surface area contributed by atoms with Gasteiger partial charge in [0.1, 0.15) is 0 Å². The van der Waals surface area contributed by atoms with Gasteiger partial charge in [0.2, 0.25) is 0 Å². The van der Waals surface area contributed by atoms with Crippen LogP contribution in [0.5, 0.6) is 0 Å². The highest BCUT2D eigenvalue weighted by molar-refractivity contribution is 7.32. The van der Waals surface area contributed by atoms with E-state index in [1.807, 2.05) is 22.7 Å². The number of benzene rings is 4. The summed E-state index contributed by atoms with van der Waals surface area (Å²) in [5.41, 5.74) is 0. The van der Waals surface area contributed by atoms with Crippen molar-refractivity contribution in [3.8, 4) is 0 Å². The molecule has 0 amide bonds. The Hall–Kier alpha value is -2.20. The zero-order chi connectivity index (χ0) is 19.0. The maximum absolute atomic E-state index is 2.44. The highest BCUT2D eigenvalue weighted by atomic mass is 32.1. The standard InChI is InChI=1S/C25H20S2Si/c1-28(2,3)23-14-16-5-7-20-18-8-10-21-19(6-4-15-12-13-26-24(15)21)17(18)9-11-22(20)25(16)27-23/h4-14H,1-3H3. The Kier molecular flexibility index (Phi) is 3.38. The summed E-state index contributed by atoms with van der Waals surface area (Å²) in [5.74, 6) is 0. The van der Waals surface area contributed by atoms with Crippen molar-refractivity contribution >= 4 is 87.7 Å². The predicted octanol–water partition coefficient (Wildman–Crippen LogP) is 8.12. The van der Waals surface area contributed by atoms with Crippen molar-refractivity contribution in [3.63, 3.8) is 0 Å². The molecule has 0 saturated carbocycles. The van der Waals surface area contributed by atoms with Gasteiger partial charge in [-0.05, 0) is 54.3 Å². The van der Waals surface area contributed by atoms with Crippen LogP contribution in [0.25, 0.3) is 52.5 Å². The first-order chi connectivity index (χ1) is 13.5. The Balaban J connectivity index is 1.73. The summed E-state index contributed by atoms with van der Waals surface area (Å²) in [7, 11) is -1.29. The quantitative estimate of drug-likeness (QED) is 0.189. The molecule has 0 aliphatic carbocycles. The summed E-state index contributed by atoms with van der Waals surface area (Å²) in [6.45, 7) is 7.31. The van der Waals surface area contributed by atoms with E-state index in [-0.39, 0.29) is 0 Å². The van der Waals surface area contributed by atoms with Gasteiger partial charge < -0.3 is 0 Å². The molecule has 4 aromatic carbocycles. The average Bonchev–Trinajstić information content (AvgIpc) is 3.33. The largest absolute Gasteiger partial charge is 0.144 e. The van der Waals surface area contributed by atoms with Gasteiger partial charge in [-0.2, -0.15) is 0 Å². The van der Waals surface area contributed by atoms with Gasteiger partial charge in [-0.3, -0.25) is 0 Å². The molecule has 3 heteroatoms. The molecule has 0 N–H and O–H groups in total. The van der Waals surface area contributed by atoms with Gasteiger partial charge in [-0.25, -0.2) is 0 Å². The summed E-state index contributed by atoms with van der Waals surface area (Å²) in [5, 5.41) is 13.2. The molecule has 28 heavy (non-hydrogen) atoms. The molecular formula is C25H20S2Si. The summed E-state index contributed by atoms with van der Waals surface area (Å²) < 4.78 is 4.44. The normalized spacial score (nSPS) is 12.8. The van der Waals surface area contributed by atoms with Crippen molar-refractivity contribution in [2.24, 2.45) is 0 Å². The minimum absolute atomic E-state index is 1.29. The van der Waals surface area contributed by atoms with Crippen molar-refractivity contribution in [2.45, 2.75) is 19.6 Å². The number of hydrogen-bond donors (Lipinski definition) is 0. The van der Waals surface area contributed by atoms with Crippen LogP contribution in [0.2, 0.25) is 19.6 Å². The van der Waals surface area contributed by atoms with Crippen molar-refractivity contribution < 1.29 is 0 Å². The number of hydrogen-bond acceptors (Lipinski definition) is 2. The fourth-order valence-electron chi connectivity index (χ4n) is 4.33. The lowest BCUT2D eigenvalue weighted by molar-refractivity contribution is 1.79. The van der Waals surface area contributed by atoms with Crippen LogP contribution in [0.4, 0.5) is 0 Å². The molecule has 0 unspecified atom stereocenters. The molecule has 2 aromatic heterocycles. The monoisotopic (exact) mass is 412 g/mol. The van der Waals surface area contributed by atoms with Crippen molar-refractivity contribution in [1.82, 2.24) is 0 Å². The second-order valence-corrected chi connectivity index (χ2v) is 16.0. The second kappa shape index (κ2) is 5.66. The summed E-state index contributed by atoms with van der Waals surface area (Å²) in [6.07, 6.45) is 0. The Bertz CT molecular complexity index is 1540. The van der Waals surface area contributed by atoms with E-state index in [9.17, 15) is 0 Å². The molecule has 0 bridgehead atoms. The highest BCUT2D eigenvalue weighted by Crippen LogP contribution is 2.39. The topological polar surface area (TPSA) is 0 Å². The molecule has 0 saturated heterocycles. The fourth-order valence-corrected chi connectivity index (χ4v) is 8.32. The molecular weight excluding hydrogens is 392 g/mol. The molecule has 2 heterocycles. The maximum Gasteiger partial charge on any atom is 0.0904 e. The van der Waals surface area contributed by atoms with Crippen LogP contribution in [-0.2, 0) is 0 Å². The van der Waals surface area contributed by atoms with E-state index in [2.05, 4.69) is 85.7 Å². The molecule has 0 atom stereocenters. The van der Waals surface area contributed by atoms with Gasteiger partial charge in [-0.1, -0.05) is 68.2 Å². The molecule has 136 valence electrons. The molecule has 0 spiro atoms. The molecule has 0 aliphatic rings. The van der Waals surface area contributed by atoms with Gasteiger partial charge in [0.25, 0.3) is 0 Å². The lowest BCUT2D eigenvalue weighted by Crippen LogP contribution is -2.34. The molecule has 0 fully saturated rings. The summed E-state index contributed by atoms with van der Waals surface area (Å²) in [4.78, 5) is 0. The SMILES string of the molecule is C[Si](C)(C)c1cc2ccc3c4ccc5c(ccc6ccsc65)c4ccc3c2s1. The lowest BCUT2D eigenvalue weighted by Gasteiger charge is -2.12. The maximum atomic E-state index is 2.44. The van der Waals surface area contributed by atoms with Crippen LogP contribution in [0.1, 0.15) is 0 Å². The van der Waals surface area contributed by atoms with E-state index in [1.54, 1.807) is 4.50 Å². The smallest absolute Gasteiger partial charge is 0.0904 e. The van der Waals surface area contributed by atoms with E-state index in [1.165, 1.54) is 52.5 Å². The molecule has 6 rings (SSSR count). The Labute approximate surface area is 173 Å². The number of thiophene rings is 2. The number of fused-ring (bicyclic) bond motifs is 9. The molecule has 0 radical (unpaired) electrons. The molecule has 0 aliphatic heterocycles. The van der Waals surface area contributed by atoms with Crippen LogP contribution in [-0.4, -0.2) is 8.07 Å². The third kappa shape index (κ3) is 2.27. The third-order valence-corrected chi connectivity index (χ3v) is 11.6. The van der Waals surface area contributed by atoms with Gasteiger partial charge in [-0.15, -0.1) is 22.7 Å². The zero-order valence-corrected chi connectivity index (χ0v) is 18.8. The molecule has 6 aromatic rings. The Morgan fingerprint density at radius 3 is 1.79 bits per heavy atom. The Morgan fingerprint density at radius 2 is 1.11 bits per heavy atom. The number of rotatable bonds is 1. The van der Waals surface area contributed by atoms with Crippen molar-refractivity contribution in [1.29, 1.82) is 0 Å². The van der Waals surface area contributed by atoms with Crippen molar-refractivity contribution in [2.75, 3.05) is 0 Å².